The van der Waals surface area contributed by atoms with Crippen molar-refractivity contribution < 1.29 is 27.7 Å². The van der Waals surface area contributed by atoms with Gasteiger partial charge in [0.25, 0.3) is 0 Å². The summed E-state index contributed by atoms with van der Waals surface area (Å²) in [4.78, 5) is 0. The fourth-order valence-electron chi connectivity index (χ4n) is 4.05. The van der Waals surface area contributed by atoms with Crippen LogP contribution in [0.1, 0.15) is 36.1 Å². The van der Waals surface area contributed by atoms with Crippen molar-refractivity contribution in [2.24, 2.45) is 0 Å². The van der Waals surface area contributed by atoms with E-state index in [1.54, 1.807) is 20.3 Å². The average Bonchev–Trinajstić information content (AvgIpc) is 2.82. The molecule has 3 aromatic carbocycles. The molecule has 3 aromatic rings. The van der Waals surface area contributed by atoms with Crippen LogP contribution >= 0.6 is 0 Å². The molecule has 7 heteroatoms. The summed E-state index contributed by atoms with van der Waals surface area (Å²) in [6, 6.07) is 22.8. The van der Waals surface area contributed by atoms with E-state index in [9.17, 15) is 8.42 Å². The van der Waals surface area contributed by atoms with Crippen LogP contribution in [0.25, 0.3) is 0 Å². The smallest absolute Gasteiger partial charge is 0.156 e. The Morgan fingerprint density at radius 3 is 1.79 bits per heavy atom. The molecule has 0 saturated heterocycles. The Morgan fingerprint density at radius 1 is 0.824 bits per heavy atom. The lowest BCUT2D eigenvalue weighted by Crippen LogP contribution is -2.35. The minimum atomic E-state index is -3.44. The molecule has 6 nitrogen and oxygen atoms in total. The van der Waals surface area contributed by atoms with Crippen molar-refractivity contribution in [1.29, 1.82) is 0 Å². The second-order valence-corrected chi connectivity index (χ2v) is 10.5. The van der Waals surface area contributed by atoms with E-state index in [4.69, 9.17) is 19.3 Å². The quantitative estimate of drug-likeness (QED) is 0.408. The van der Waals surface area contributed by atoms with Gasteiger partial charge in [-0.1, -0.05) is 48.5 Å². The fourth-order valence-corrected chi connectivity index (χ4v) is 5.16. The number of ether oxygens (including phenoxy) is 3. The molecule has 0 radical (unpaired) electrons. The van der Waals surface area contributed by atoms with E-state index < -0.39 is 22.0 Å². The van der Waals surface area contributed by atoms with E-state index >= 15 is 0 Å². The fraction of sp³-hybridized carbons (Fsp3) is 0.333. The molecule has 0 saturated carbocycles. The van der Waals surface area contributed by atoms with E-state index in [1.807, 2.05) is 80.6 Å². The lowest BCUT2D eigenvalue weighted by molar-refractivity contribution is -0.0294. The standard InChI is InChI=1S/C27H32O6S/c1-20(2)33-27(22-8-12-25(31-3)13-9-22,23-10-14-26(32-4)15-11-23)24-7-5-6-21(18-24)19-34(29,30)17-16-28/h5-15,18,20,28H,16-17,19H2,1-4H3. The van der Waals surface area contributed by atoms with Gasteiger partial charge in [-0.25, -0.2) is 8.42 Å². The second kappa shape index (κ2) is 11.0. The number of benzene rings is 3. The molecule has 0 aliphatic rings. The first-order valence-corrected chi connectivity index (χ1v) is 12.9. The zero-order chi connectivity index (χ0) is 24.8. The summed E-state index contributed by atoms with van der Waals surface area (Å²) in [5.74, 6) is 1.01. The van der Waals surface area contributed by atoms with Gasteiger partial charge in [0.2, 0.25) is 0 Å². The summed E-state index contributed by atoms with van der Waals surface area (Å²) in [6.45, 7) is 3.54. The lowest BCUT2D eigenvalue weighted by atomic mass is 9.79. The Bertz CT molecular complexity index is 1120. The molecule has 0 atom stereocenters. The minimum Gasteiger partial charge on any atom is -0.497 e. The molecular weight excluding hydrogens is 452 g/mol. The van der Waals surface area contributed by atoms with Crippen LogP contribution in [-0.2, 0) is 25.9 Å². The van der Waals surface area contributed by atoms with Gasteiger partial charge in [-0.15, -0.1) is 0 Å². The van der Waals surface area contributed by atoms with Crippen molar-refractivity contribution in [2.45, 2.75) is 31.3 Å². The summed E-state index contributed by atoms with van der Waals surface area (Å²) >= 11 is 0. The number of aliphatic hydroxyl groups excluding tert-OH is 1. The van der Waals surface area contributed by atoms with Crippen LogP contribution in [0, 0.1) is 0 Å². The van der Waals surface area contributed by atoms with E-state index in [1.165, 1.54) is 0 Å². The maximum Gasteiger partial charge on any atom is 0.156 e. The van der Waals surface area contributed by atoms with Gasteiger partial charge in [0, 0.05) is 0 Å². The Labute approximate surface area is 202 Å². The van der Waals surface area contributed by atoms with Gasteiger partial charge >= 0.3 is 0 Å². The zero-order valence-corrected chi connectivity index (χ0v) is 20.8. The zero-order valence-electron chi connectivity index (χ0n) is 20.0. The third kappa shape index (κ3) is 5.78. The summed E-state index contributed by atoms with van der Waals surface area (Å²) in [5, 5.41) is 9.13. The van der Waals surface area contributed by atoms with Gasteiger partial charge in [0.1, 0.15) is 17.1 Å². The Balaban J connectivity index is 2.25. The maximum atomic E-state index is 12.4. The minimum absolute atomic E-state index is 0.147. The SMILES string of the molecule is COc1ccc(C(OC(C)C)(c2ccc(OC)cc2)c2cccc(CS(=O)(=O)CCO)c2)cc1. The van der Waals surface area contributed by atoms with Crippen LogP contribution in [0.3, 0.4) is 0 Å². The third-order valence-electron chi connectivity index (χ3n) is 5.53. The Kier molecular flexibility index (Phi) is 8.36. The molecule has 1 N–H and O–H groups in total. The summed E-state index contributed by atoms with van der Waals surface area (Å²) < 4.78 is 42.2. The molecule has 0 aromatic heterocycles. The summed E-state index contributed by atoms with van der Waals surface area (Å²) in [5.41, 5.74) is 2.17. The Morgan fingerprint density at radius 2 is 1.35 bits per heavy atom. The molecule has 34 heavy (non-hydrogen) atoms. The molecule has 0 spiro atoms. The van der Waals surface area contributed by atoms with Crippen molar-refractivity contribution in [1.82, 2.24) is 0 Å². The highest BCUT2D eigenvalue weighted by atomic mass is 32.2. The van der Waals surface area contributed by atoms with Gasteiger partial charge < -0.3 is 19.3 Å². The highest BCUT2D eigenvalue weighted by Crippen LogP contribution is 2.43. The van der Waals surface area contributed by atoms with E-state index in [-0.39, 0.29) is 17.6 Å². The van der Waals surface area contributed by atoms with E-state index in [0.29, 0.717) is 5.56 Å². The highest BCUT2D eigenvalue weighted by molar-refractivity contribution is 7.90. The van der Waals surface area contributed by atoms with Crippen LogP contribution < -0.4 is 9.47 Å². The average molecular weight is 485 g/mol. The lowest BCUT2D eigenvalue weighted by Gasteiger charge is -2.38. The molecule has 0 heterocycles. The van der Waals surface area contributed by atoms with Crippen LogP contribution in [0.5, 0.6) is 11.5 Å². The van der Waals surface area contributed by atoms with Gasteiger partial charge in [-0.3, -0.25) is 0 Å². The first-order valence-electron chi connectivity index (χ1n) is 11.1. The highest BCUT2D eigenvalue weighted by Gasteiger charge is 2.39. The van der Waals surface area contributed by atoms with Gasteiger partial charge in [0.15, 0.2) is 9.84 Å². The Hall–Kier alpha value is -2.87. The van der Waals surface area contributed by atoms with Crippen LogP contribution in [0.2, 0.25) is 0 Å². The largest absolute Gasteiger partial charge is 0.497 e. The molecular formula is C27H32O6S. The van der Waals surface area contributed by atoms with Crippen molar-refractivity contribution in [3.8, 4) is 11.5 Å². The molecule has 0 amide bonds. The van der Waals surface area contributed by atoms with E-state index in [2.05, 4.69) is 0 Å². The van der Waals surface area contributed by atoms with Gasteiger partial charge in [0.05, 0.1) is 38.4 Å². The van der Waals surface area contributed by atoms with Crippen LogP contribution in [-0.4, -0.2) is 46.2 Å². The molecule has 182 valence electrons. The number of aliphatic hydroxyl groups is 1. The maximum absolute atomic E-state index is 12.4. The van der Waals surface area contributed by atoms with Crippen molar-refractivity contribution in [2.75, 3.05) is 26.6 Å². The molecule has 3 rings (SSSR count). The van der Waals surface area contributed by atoms with E-state index in [0.717, 1.165) is 28.2 Å². The molecule has 0 aliphatic carbocycles. The first kappa shape index (κ1) is 25.7. The molecule has 0 unspecified atom stereocenters. The first-order chi connectivity index (χ1) is 16.2. The van der Waals surface area contributed by atoms with Crippen LogP contribution in [0.15, 0.2) is 72.8 Å². The number of hydrogen-bond donors (Lipinski definition) is 1. The van der Waals surface area contributed by atoms with Crippen molar-refractivity contribution in [3.05, 3.63) is 95.1 Å². The summed E-state index contributed by atoms with van der Waals surface area (Å²) in [6.07, 6.45) is -0.147. The molecule has 0 bridgehead atoms. The number of sulfone groups is 1. The predicted molar refractivity (Wildman–Crippen MR) is 133 cm³/mol. The van der Waals surface area contributed by atoms with Crippen molar-refractivity contribution in [3.63, 3.8) is 0 Å². The monoisotopic (exact) mass is 484 g/mol. The summed E-state index contributed by atoms with van der Waals surface area (Å²) in [7, 11) is -0.206. The van der Waals surface area contributed by atoms with Crippen LogP contribution in [0.4, 0.5) is 0 Å². The molecule has 0 aliphatic heterocycles. The number of hydrogen-bond acceptors (Lipinski definition) is 6. The second-order valence-electron chi connectivity index (χ2n) is 8.32. The normalized spacial score (nSPS) is 12.1. The van der Waals surface area contributed by atoms with Crippen molar-refractivity contribution >= 4 is 9.84 Å². The predicted octanol–water partition coefficient (Wildman–Crippen LogP) is 4.33. The number of rotatable bonds is 11. The van der Waals surface area contributed by atoms with Gasteiger partial charge in [-0.05, 0) is 60.4 Å². The number of methoxy groups -OCH3 is 2. The topological polar surface area (TPSA) is 82.1 Å². The van der Waals surface area contributed by atoms with Gasteiger partial charge in [-0.2, -0.15) is 0 Å². The molecule has 0 fully saturated rings. The third-order valence-corrected chi connectivity index (χ3v) is 7.11.